The molecule has 0 spiro atoms. The van der Waals surface area contributed by atoms with E-state index in [1.54, 1.807) is 0 Å². The summed E-state index contributed by atoms with van der Waals surface area (Å²) in [5, 5.41) is 4.12. The molecule has 23 heavy (non-hydrogen) atoms. The summed E-state index contributed by atoms with van der Waals surface area (Å²) in [6.45, 7) is 7.56. The number of amides is 1. The second-order valence-electron chi connectivity index (χ2n) is 6.40. The van der Waals surface area contributed by atoms with E-state index in [9.17, 15) is 4.79 Å². The zero-order valence-corrected chi connectivity index (χ0v) is 14.0. The number of rotatable bonds is 4. The molecule has 0 radical (unpaired) electrons. The molecule has 1 aliphatic rings. The Bertz CT molecular complexity index is 688. The van der Waals surface area contributed by atoms with Gasteiger partial charge in [0.05, 0.1) is 5.92 Å². The van der Waals surface area contributed by atoms with Gasteiger partial charge in [-0.1, -0.05) is 41.4 Å². The predicted molar refractivity (Wildman–Crippen MR) is 87.2 cm³/mol. The minimum Gasteiger partial charge on any atom is -0.342 e. The highest BCUT2D eigenvalue weighted by atomic mass is 16.5. The van der Waals surface area contributed by atoms with Gasteiger partial charge in [-0.3, -0.25) is 4.79 Å². The van der Waals surface area contributed by atoms with E-state index in [4.69, 9.17) is 4.52 Å². The van der Waals surface area contributed by atoms with Gasteiger partial charge in [0.1, 0.15) is 0 Å². The van der Waals surface area contributed by atoms with Gasteiger partial charge in [-0.25, -0.2) is 0 Å². The predicted octanol–water partition coefficient (Wildman–Crippen LogP) is 3.00. The lowest BCUT2D eigenvalue weighted by molar-refractivity contribution is -0.129. The SMILES string of the molecule is CCC(=O)N1CC[C@H](c2nc(Cc3cc(C)cc(C)c3)no2)C1. The topological polar surface area (TPSA) is 59.2 Å². The standard InChI is InChI=1S/C18H23N3O2/c1-4-17(22)21-6-5-15(11-21)18-19-16(20-23-18)10-14-8-12(2)7-13(3)9-14/h7-9,15H,4-6,10-11H2,1-3H3/t15-/m0/s1. The molecule has 0 bridgehead atoms. The maximum Gasteiger partial charge on any atom is 0.231 e. The van der Waals surface area contributed by atoms with E-state index >= 15 is 0 Å². The van der Waals surface area contributed by atoms with E-state index in [0.717, 1.165) is 13.0 Å². The van der Waals surface area contributed by atoms with Gasteiger partial charge in [-0.15, -0.1) is 0 Å². The molecule has 1 atom stereocenters. The van der Waals surface area contributed by atoms with Crippen LogP contribution in [0.1, 0.15) is 54.1 Å². The second kappa shape index (κ2) is 6.52. The van der Waals surface area contributed by atoms with Crippen molar-refractivity contribution in [2.45, 2.75) is 46.0 Å². The third kappa shape index (κ3) is 3.60. The van der Waals surface area contributed by atoms with Crippen LogP contribution < -0.4 is 0 Å². The molecule has 1 amide bonds. The Morgan fingerprint density at radius 2 is 2.04 bits per heavy atom. The molecule has 1 aliphatic heterocycles. The summed E-state index contributed by atoms with van der Waals surface area (Å²) in [6.07, 6.45) is 2.13. The van der Waals surface area contributed by atoms with Crippen molar-refractivity contribution in [2.24, 2.45) is 0 Å². The van der Waals surface area contributed by atoms with Crippen LogP contribution in [0.2, 0.25) is 0 Å². The zero-order valence-electron chi connectivity index (χ0n) is 14.0. The first-order valence-corrected chi connectivity index (χ1v) is 8.22. The fourth-order valence-electron chi connectivity index (χ4n) is 3.27. The van der Waals surface area contributed by atoms with Crippen LogP contribution >= 0.6 is 0 Å². The minimum absolute atomic E-state index is 0.172. The molecule has 2 aromatic rings. The molecule has 1 fully saturated rings. The Morgan fingerprint density at radius 1 is 1.30 bits per heavy atom. The highest BCUT2D eigenvalue weighted by molar-refractivity contribution is 5.76. The van der Waals surface area contributed by atoms with E-state index in [2.05, 4.69) is 42.2 Å². The Kier molecular flexibility index (Phi) is 4.46. The van der Waals surface area contributed by atoms with Crippen LogP contribution in [-0.4, -0.2) is 34.0 Å². The van der Waals surface area contributed by atoms with E-state index in [0.29, 0.717) is 31.1 Å². The number of likely N-dealkylation sites (tertiary alicyclic amines) is 1. The molecule has 5 heteroatoms. The number of hydrogen-bond donors (Lipinski definition) is 0. The van der Waals surface area contributed by atoms with Crippen LogP contribution in [0.5, 0.6) is 0 Å². The first-order valence-electron chi connectivity index (χ1n) is 8.22. The number of carbonyl (C=O) groups excluding carboxylic acids is 1. The molecule has 0 saturated carbocycles. The fraction of sp³-hybridized carbons (Fsp3) is 0.500. The third-order valence-electron chi connectivity index (χ3n) is 4.32. The van der Waals surface area contributed by atoms with Gasteiger partial charge in [0.2, 0.25) is 11.8 Å². The average molecular weight is 313 g/mol. The lowest BCUT2D eigenvalue weighted by Gasteiger charge is -2.13. The van der Waals surface area contributed by atoms with Crippen LogP contribution in [0.4, 0.5) is 0 Å². The Hall–Kier alpha value is -2.17. The van der Waals surface area contributed by atoms with Crippen LogP contribution in [0.15, 0.2) is 22.7 Å². The van der Waals surface area contributed by atoms with Crippen molar-refractivity contribution in [1.29, 1.82) is 0 Å². The molecule has 5 nitrogen and oxygen atoms in total. The van der Waals surface area contributed by atoms with Crippen molar-refractivity contribution in [3.63, 3.8) is 0 Å². The maximum atomic E-state index is 11.8. The van der Waals surface area contributed by atoms with E-state index in [1.165, 1.54) is 16.7 Å². The molecule has 0 aliphatic carbocycles. The average Bonchev–Trinajstić information content (AvgIpc) is 3.14. The molecule has 1 saturated heterocycles. The molecule has 3 rings (SSSR count). The van der Waals surface area contributed by atoms with Crippen molar-refractivity contribution in [3.05, 3.63) is 46.6 Å². The maximum absolute atomic E-state index is 11.8. The summed E-state index contributed by atoms with van der Waals surface area (Å²) in [5.74, 6) is 1.74. The summed E-state index contributed by atoms with van der Waals surface area (Å²) >= 11 is 0. The first-order chi connectivity index (χ1) is 11.0. The summed E-state index contributed by atoms with van der Waals surface area (Å²) < 4.78 is 5.44. The highest BCUT2D eigenvalue weighted by Gasteiger charge is 2.30. The molecule has 0 unspecified atom stereocenters. The van der Waals surface area contributed by atoms with Crippen LogP contribution in [0.25, 0.3) is 0 Å². The van der Waals surface area contributed by atoms with Crippen molar-refractivity contribution in [3.8, 4) is 0 Å². The van der Waals surface area contributed by atoms with E-state index < -0.39 is 0 Å². The first kappa shape index (κ1) is 15.7. The van der Waals surface area contributed by atoms with Crippen molar-refractivity contribution in [1.82, 2.24) is 15.0 Å². The number of hydrogen-bond acceptors (Lipinski definition) is 4. The van der Waals surface area contributed by atoms with Gasteiger partial charge in [0, 0.05) is 25.9 Å². The summed E-state index contributed by atoms with van der Waals surface area (Å²) in [5.41, 5.74) is 3.69. The molecular formula is C18H23N3O2. The normalized spacial score (nSPS) is 17.7. The molecule has 122 valence electrons. The van der Waals surface area contributed by atoms with Gasteiger partial charge in [-0.2, -0.15) is 4.98 Å². The van der Waals surface area contributed by atoms with E-state index in [1.807, 2.05) is 11.8 Å². The Morgan fingerprint density at radius 3 is 2.74 bits per heavy atom. The molecule has 1 aromatic heterocycles. The highest BCUT2D eigenvalue weighted by Crippen LogP contribution is 2.26. The minimum atomic E-state index is 0.172. The molecular weight excluding hydrogens is 290 g/mol. The molecule has 0 N–H and O–H groups in total. The Labute approximate surface area is 136 Å². The van der Waals surface area contributed by atoms with Crippen molar-refractivity contribution < 1.29 is 9.32 Å². The lowest BCUT2D eigenvalue weighted by Crippen LogP contribution is -2.27. The molecule has 2 heterocycles. The van der Waals surface area contributed by atoms with Gasteiger partial charge in [-0.05, 0) is 25.8 Å². The van der Waals surface area contributed by atoms with Gasteiger partial charge in [0.15, 0.2) is 5.82 Å². The van der Waals surface area contributed by atoms with Gasteiger partial charge < -0.3 is 9.42 Å². The van der Waals surface area contributed by atoms with Crippen molar-refractivity contribution in [2.75, 3.05) is 13.1 Å². The number of aromatic nitrogens is 2. The Balaban J connectivity index is 1.68. The van der Waals surface area contributed by atoms with E-state index in [-0.39, 0.29) is 11.8 Å². The smallest absolute Gasteiger partial charge is 0.231 e. The largest absolute Gasteiger partial charge is 0.342 e. The second-order valence-corrected chi connectivity index (χ2v) is 6.40. The fourth-order valence-corrected chi connectivity index (χ4v) is 3.27. The van der Waals surface area contributed by atoms with Crippen LogP contribution in [0.3, 0.4) is 0 Å². The van der Waals surface area contributed by atoms with Gasteiger partial charge in [0.25, 0.3) is 0 Å². The summed E-state index contributed by atoms with van der Waals surface area (Å²) in [4.78, 5) is 18.2. The number of benzene rings is 1. The monoisotopic (exact) mass is 313 g/mol. The van der Waals surface area contributed by atoms with Crippen molar-refractivity contribution >= 4 is 5.91 Å². The number of carbonyl (C=O) groups is 1. The summed E-state index contributed by atoms with van der Waals surface area (Å²) in [7, 11) is 0. The number of nitrogens with zero attached hydrogens (tertiary/aromatic N) is 3. The van der Waals surface area contributed by atoms with Gasteiger partial charge >= 0.3 is 0 Å². The van der Waals surface area contributed by atoms with Crippen LogP contribution in [-0.2, 0) is 11.2 Å². The lowest BCUT2D eigenvalue weighted by atomic mass is 10.0. The third-order valence-corrected chi connectivity index (χ3v) is 4.32. The zero-order chi connectivity index (χ0) is 16.4. The van der Waals surface area contributed by atoms with Crippen LogP contribution in [0, 0.1) is 13.8 Å². The molecule has 1 aromatic carbocycles. The quantitative estimate of drug-likeness (QED) is 0.870. The summed E-state index contributed by atoms with van der Waals surface area (Å²) in [6, 6.07) is 6.46. The number of aryl methyl sites for hydroxylation is 2.